The summed E-state index contributed by atoms with van der Waals surface area (Å²) in [4.78, 5) is 4.42. The van der Waals surface area contributed by atoms with Gasteiger partial charge in [0, 0.05) is 37.1 Å². The predicted octanol–water partition coefficient (Wildman–Crippen LogP) is 5.19. The molecule has 1 aliphatic heterocycles. The van der Waals surface area contributed by atoms with E-state index in [1.165, 1.54) is 12.1 Å². The Balaban J connectivity index is 0.000000445. The summed E-state index contributed by atoms with van der Waals surface area (Å²) < 4.78 is 45.5. The van der Waals surface area contributed by atoms with E-state index in [0.717, 1.165) is 34.5 Å². The highest BCUT2D eigenvalue weighted by atomic mass is 19.4. The van der Waals surface area contributed by atoms with Crippen molar-refractivity contribution in [2.24, 2.45) is 7.05 Å². The van der Waals surface area contributed by atoms with Gasteiger partial charge in [-0.05, 0) is 36.7 Å². The van der Waals surface area contributed by atoms with Crippen LogP contribution in [0.15, 0.2) is 85.3 Å². The summed E-state index contributed by atoms with van der Waals surface area (Å²) in [7, 11) is 1.87. The lowest BCUT2D eigenvalue weighted by molar-refractivity contribution is -0.137. The number of halogens is 3. The Bertz CT molecular complexity index is 1200. The standard InChI is InChI=1S/C21H22F3N5O.C6H6/c1-29-13-16(10-28-29)15-8-19-20(27-9-15)30-18(12-26-19)11-25-7-6-14-2-4-17(5-3-14)21(22,23)24;1-2-4-6-5-3-1/h2-5,8-10,13,18,25-26H,6-7,11-12H2,1H3;1-6H. The fraction of sp³-hybridized carbons (Fsp3) is 0.259. The van der Waals surface area contributed by atoms with Crippen LogP contribution in [-0.2, 0) is 19.6 Å². The van der Waals surface area contributed by atoms with Gasteiger partial charge in [-0.15, -0.1) is 0 Å². The van der Waals surface area contributed by atoms with E-state index < -0.39 is 11.7 Å². The number of nitrogens with one attached hydrogen (secondary N) is 2. The molecule has 2 aromatic heterocycles. The van der Waals surface area contributed by atoms with Crippen LogP contribution in [0.1, 0.15) is 11.1 Å². The molecule has 36 heavy (non-hydrogen) atoms. The zero-order valence-electron chi connectivity index (χ0n) is 19.9. The molecule has 0 bridgehead atoms. The smallest absolute Gasteiger partial charge is 0.416 e. The van der Waals surface area contributed by atoms with Gasteiger partial charge in [-0.25, -0.2) is 4.98 Å². The van der Waals surface area contributed by atoms with Crippen molar-refractivity contribution in [3.8, 4) is 17.0 Å². The van der Waals surface area contributed by atoms with Gasteiger partial charge in [0.15, 0.2) is 0 Å². The second kappa shape index (κ2) is 11.7. The Hall–Kier alpha value is -3.85. The van der Waals surface area contributed by atoms with E-state index in [1.54, 1.807) is 17.1 Å². The van der Waals surface area contributed by atoms with Crippen LogP contribution in [-0.4, -0.2) is 40.5 Å². The molecule has 188 valence electrons. The first-order valence-electron chi connectivity index (χ1n) is 11.6. The maximum absolute atomic E-state index is 12.6. The first-order valence-corrected chi connectivity index (χ1v) is 11.6. The SMILES string of the molecule is Cn1cc(-c2cnc3c(c2)NCC(CNCCc2ccc(C(F)(F)F)cc2)O3)cn1.c1ccccc1. The van der Waals surface area contributed by atoms with E-state index in [0.29, 0.717) is 31.9 Å². The summed E-state index contributed by atoms with van der Waals surface area (Å²) in [6, 6.07) is 19.3. The molecule has 5 rings (SSSR count). The lowest BCUT2D eigenvalue weighted by Crippen LogP contribution is -2.40. The van der Waals surface area contributed by atoms with Crippen LogP contribution in [0.25, 0.3) is 11.1 Å². The molecule has 9 heteroatoms. The number of pyridine rings is 1. The minimum atomic E-state index is -4.30. The van der Waals surface area contributed by atoms with Crippen LogP contribution in [0.4, 0.5) is 18.9 Å². The third kappa shape index (κ3) is 7.08. The van der Waals surface area contributed by atoms with E-state index in [1.807, 2.05) is 55.7 Å². The van der Waals surface area contributed by atoms with Gasteiger partial charge in [0.05, 0.1) is 24.0 Å². The number of benzene rings is 2. The number of alkyl halides is 3. The molecule has 2 aromatic carbocycles. The fourth-order valence-corrected chi connectivity index (χ4v) is 3.68. The van der Waals surface area contributed by atoms with Gasteiger partial charge in [-0.2, -0.15) is 18.3 Å². The number of hydrogen-bond donors (Lipinski definition) is 2. The van der Waals surface area contributed by atoms with Crippen LogP contribution in [0.2, 0.25) is 0 Å². The molecule has 3 heterocycles. The topological polar surface area (TPSA) is 64.0 Å². The highest BCUT2D eigenvalue weighted by Gasteiger charge is 2.29. The van der Waals surface area contributed by atoms with Crippen molar-refractivity contribution in [3.63, 3.8) is 0 Å². The van der Waals surface area contributed by atoms with Crippen LogP contribution in [0.3, 0.4) is 0 Å². The number of nitrogens with zero attached hydrogens (tertiary/aromatic N) is 3. The average Bonchev–Trinajstić information content (AvgIpc) is 3.34. The van der Waals surface area contributed by atoms with E-state index in [-0.39, 0.29) is 6.10 Å². The zero-order chi connectivity index (χ0) is 25.4. The maximum Gasteiger partial charge on any atom is 0.416 e. The summed E-state index contributed by atoms with van der Waals surface area (Å²) in [5.74, 6) is 0.559. The van der Waals surface area contributed by atoms with Gasteiger partial charge in [-0.3, -0.25) is 4.68 Å². The zero-order valence-corrected chi connectivity index (χ0v) is 19.9. The van der Waals surface area contributed by atoms with Gasteiger partial charge in [0.2, 0.25) is 5.88 Å². The molecule has 0 radical (unpaired) electrons. The van der Waals surface area contributed by atoms with Crippen molar-refractivity contribution in [3.05, 3.63) is 96.4 Å². The van der Waals surface area contributed by atoms with Gasteiger partial charge in [-0.1, -0.05) is 48.5 Å². The van der Waals surface area contributed by atoms with E-state index in [2.05, 4.69) is 20.7 Å². The van der Waals surface area contributed by atoms with Crippen molar-refractivity contribution in [1.29, 1.82) is 0 Å². The Morgan fingerprint density at radius 3 is 2.33 bits per heavy atom. The lowest BCUT2D eigenvalue weighted by atomic mass is 10.1. The molecular weight excluding hydrogens is 467 g/mol. The van der Waals surface area contributed by atoms with Crippen LogP contribution < -0.4 is 15.4 Å². The molecule has 0 amide bonds. The van der Waals surface area contributed by atoms with Gasteiger partial charge in [0.1, 0.15) is 6.10 Å². The summed E-state index contributed by atoms with van der Waals surface area (Å²) in [5.41, 5.74) is 3.02. The van der Waals surface area contributed by atoms with Crippen molar-refractivity contribution in [1.82, 2.24) is 20.1 Å². The van der Waals surface area contributed by atoms with Crippen LogP contribution >= 0.6 is 0 Å². The molecule has 1 atom stereocenters. The van der Waals surface area contributed by atoms with E-state index in [4.69, 9.17) is 4.74 Å². The van der Waals surface area contributed by atoms with E-state index in [9.17, 15) is 13.2 Å². The van der Waals surface area contributed by atoms with Gasteiger partial charge < -0.3 is 15.4 Å². The van der Waals surface area contributed by atoms with Gasteiger partial charge >= 0.3 is 6.18 Å². The third-order valence-electron chi connectivity index (χ3n) is 5.60. The maximum atomic E-state index is 12.6. The van der Waals surface area contributed by atoms with Crippen molar-refractivity contribution in [2.45, 2.75) is 18.7 Å². The largest absolute Gasteiger partial charge is 0.470 e. The molecule has 0 aliphatic carbocycles. The quantitative estimate of drug-likeness (QED) is 0.361. The monoisotopic (exact) mass is 495 g/mol. The molecule has 0 spiro atoms. The Labute approximate surface area is 208 Å². The van der Waals surface area contributed by atoms with Crippen LogP contribution in [0, 0.1) is 0 Å². The minimum Gasteiger partial charge on any atom is -0.470 e. The Kier molecular flexibility index (Phi) is 8.22. The summed E-state index contributed by atoms with van der Waals surface area (Å²) in [6.07, 6.45) is 1.74. The highest BCUT2D eigenvalue weighted by Crippen LogP contribution is 2.31. The third-order valence-corrected chi connectivity index (χ3v) is 5.60. The fourth-order valence-electron chi connectivity index (χ4n) is 3.68. The highest BCUT2D eigenvalue weighted by molar-refractivity contribution is 5.69. The molecule has 0 fully saturated rings. The molecule has 2 N–H and O–H groups in total. The second-order valence-electron chi connectivity index (χ2n) is 8.40. The second-order valence-corrected chi connectivity index (χ2v) is 8.40. The molecule has 6 nitrogen and oxygen atoms in total. The number of rotatable bonds is 6. The molecule has 0 saturated heterocycles. The number of hydrogen-bond acceptors (Lipinski definition) is 5. The first-order chi connectivity index (χ1) is 17.4. The van der Waals surface area contributed by atoms with E-state index >= 15 is 0 Å². The molecule has 1 unspecified atom stereocenters. The summed E-state index contributed by atoms with van der Waals surface area (Å²) >= 11 is 0. The van der Waals surface area contributed by atoms with Gasteiger partial charge in [0.25, 0.3) is 0 Å². The number of anilines is 1. The number of ether oxygens (including phenoxy) is 1. The number of aromatic nitrogens is 3. The van der Waals surface area contributed by atoms with Crippen molar-refractivity contribution >= 4 is 5.69 Å². The van der Waals surface area contributed by atoms with Crippen molar-refractivity contribution in [2.75, 3.05) is 25.0 Å². The molecule has 1 aliphatic rings. The molecular formula is C27H28F3N5O. The summed E-state index contributed by atoms with van der Waals surface area (Å²) in [5, 5.41) is 10.8. The predicted molar refractivity (Wildman–Crippen MR) is 134 cm³/mol. The Morgan fingerprint density at radius 1 is 1.03 bits per heavy atom. The number of aryl methyl sites for hydroxylation is 1. The minimum absolute atomic E-state index is 0.0816. The lowest BCUT2D eigenvalue weighted by Gasteiger charge is -2.27. The molecule has 0 saturated carbocycles. The average molecular weight is 496 g/mol. The molecule has 4 aromatic rings. The Morgan fingerprint density at radius 2 is 1.72 bits per heavy atom. The first kappa shape index (κ1) is 25.2. The normalized spacial score (nSPS) is 14.6. The van der Waals surface area contributed by atoms with Crippen LogP contribution in [0.5, 0.6) is 5.88 Å². The number of fused-ring (bicyclic) bond motifs is 1. The van der Waals surface area contributed by atoms with Crippen molar-refractivity contribution < 1.29 is 17.9 Å². The summed E-state index contributed by atoms with van der Waals surface area (Å²) in [6.45, 7) is 1.89.